The van der Waals surface area contributed by atoms with E-state index in [9.17, 15) is 26.8 Å². The summed E-state index contributed by atoms with van der Waals surface area (Å²) in [7, 11) is -3.05. The average molecular weight is 525 g/mol. The van der Waals surface area contributed by atoms with Crippen LogP contribution in [0.2, 0.25) is 0 Å². The third-order valence-corrected chi connectivity index (χ3v) is 7.96. The van der Waals surface area contributed by atoms with Crippen molar-refractivity contribution in [1.29, 1.82) is 0 Å². The van der Waals surface area contributed by atoms with Crippen LogP contribution in [0, 0.1) is 11.6 Å². The quantitative estimate of drug-likeness (QED) is 0.415. The van der Waals surface area contributed by atoms with E-state index >= 15 is 0 Å². The van der Waals surface area contributed by atoms with Crippen LogP contribution in [0.1, 0.15) is 27.5 Å². The predicted molar refractivity (Wildman–Crippen MR) is 135 cm³/mol. The van der Waals surface area contributed by atoms with E-state index < -0.39 is 38.8 Å². The first kappa shape index (κ1) is 24.6. The maximum Gasteiger partial charge on any atom is 0.253 e. The van der Waals surface area contributed by atoms with Gasteiger partial charge in [-0.25, -0.2) is 22.2 Å². The van der Waals surface area contributed by atoms with Crippen molar-refractivity contribution in [2.45, 2.75) is 6.04 Å². The molecule has 1 fully saturated rings. The van der Waals surface area contributed by atoms with Gasteiger partial charge in [0, 0.05) is 42.0 Å². The Bertz CT molecular complexity index is 1640. The lowest BCUT2D eigenvalue weighted by atomic mass is 9.97. The number of carbonyl (C=O) groups excluding carboxylic acids is 1. The van der Waals surface area contributed by atoms with Gasteiger partial charge in [-0.15, -0.1) is 0 Å². The number of aromatic nitrogens is 2. The van der Waals surface area contributed by atoms with Crippen LogP contribution in [0.4, 0.5) is 14.6 Å². The first-order valence-electron chi connectivity index (χ1n) is 11.5. The van der Waals surface area contributed by atoms with Gasteiger partial charge in [-0.05, 0) is 36.4 Å². The molecule has 5 rings (SSSR count). The minimum atomic E-state index is -3.05. The number of amides is 1. The number of carbonyl (C=O) groups is 1. The van der Waals surface area contributed by atoms with E-state index in [2.05, 4.69) is 15.3 Å². The van der Waals surface area contributed by atoms with Crippen molar-refractivity contribution < 1.29 is 22.0 Å². The number of aromatic amines is 1. The van der Waals surface area contributed by atoms with Gasteiger partial charge in [0.15, 0.2) is 15.3 Å². The van der Waals surface area contributed by atoms with Crippen LogP contribution < -0.4 is 15.6 Å². The van der Waals surface area contributed by atoms with Crippen molar-refractivity contribution in [2.75, 3.05) is 29.5 Å². The normalized spacial score (nSPS) is 15.9. The van der Waals surface area contributed by atoms with E-state index in [1.807, 2.05) is 4.90 Å². The second-order valence-corrected chi connectivity index (χ2v) is 11.0. The second kappa shape index (κ2) is 9.74. The van der Waals surface area contributed by atoms with Crippen molar-refractivity contribution in [2.24, 2.45) is 0 Å². The summed E-state index contributed by atoms with van der Waals surface area (Å²) in [6, 6.07) is 11.5. The number of hydrogen-bond donors (Lipinski definition) is 2. The number of nitrogens with one attached hydrogen (secondary N) is 2. The minimum Gasteiger partial charge on any atom is -0.360 e. The van der Waals surface area contributed by atoms with Crippen molar-refractivity contribution in [3.8, 4) is 0 Å². The van der Waals surface area contributed by atoms with E-state index in [1.165, 1.54) is 48.8 Å². The number of rotatable bonds is 5. The lowest BCUT2D eigenvalue weighted by Gasteiger charge is -2.27. The summed E-state index contributed by atoms with van der Waals surface area (Å²) < 4.78 is 51.8. The molecule has 0 bridgehead atoms. The summed E-state index contributed by atoms with van der Waals surface area (Å²) in [5, 5.41) is 2.93. The first-order valence-corrected chi connectivity index (χ1v) is 13.3. The Morgan fingerprint density at radius 3 is 2.49 bits per heavy atom. The fourth-order valence-corrected chi connectivity index (χ4v) is 5.52. The molecule has 1 aliphatic rings. The second-order valence-electron chi connectivity index (χ2n) is 8.73. The van der Waals surface area contributed by atoms with Gasteiger partial charge in [-0.2, -0.15) is 0 Å². The Hall–Kier alpha value is -4.12. The van der Waals surface area contributed by atoms with E-state index in [0.29, 0.717) is 18.9 Å². The molecule has 4 aromatic rings. The largest absolute Gasteiger partial charge is 0.360 e. The molecule has 0 saturated carbocycles. The summed E-state index contributed by atoms with van der Waals surface area (Å²) in [5.74, 6) is -1.11. The molecule has 1 amide bonds. The van der Waals surface area contributed by atoms with Crippen molar-refractivity contribution in [1.82, 2.24) is 15.3 Å². The van der Waals surface area contributed by atoms with Crippen LogP contribution in [0.15, 0.2) is 71.8 Å². The molecule has 0 spiro atoms. The van der Waals surface area contributed by atoms with Crippen LogP contribution >= 0.6 is 0 Å². The zero-order valence-electron chi connectivity index (χ0n) is 19.4. The molecule has 1 unspecified atom stereocenters. The summed E-state index contributed by atoms with van der Waals surface area (Å²) in [6.07, 6.45) is 2.69. The summed E-state index contributed by atoms with van der Waals surface area (Å²) in [4.78, 5) is 35.4. The summed E-state index contributed by atoms with van der Waals surface area (Å²) >= 11 is 0. The molecule has 0 aliphatic carbocycles. The molecule has 1 aliphatic heterocycles. The smallest absolute Gasteiger partial charge is 0.253 e. The number of pyridine rings is 2. The Labute approximate surface area is 210 Å². The van der Waals surface area contributed by atoms with Crippen LogP contribution in [-0.2, 0) is 9.84 Å². The number of halogens is 2. The highest BCUT2D eigenvalue weighted by Gasteiger charge is 2.25. The molecule has 3 heterocycles. The number of H-pyrrole nitrogens is 1. The average Bonchev–Trinajstić information content (AvgIpc) is 2.88. The SMILES string of the molecule is O=C(NC(c1ccccc1F)c1c[nH]c2cc(F)ccc2c1=O)c1ccc(N2CCS(=O)(=O)CC2)nc1. The number of fused-ring (bicyclic) bond motifs is 1. The molecule has 8 nitrogen and oxygen atoms in total. The van der Waals surface area contributed by atoms with Gasteiger partial charge in [0.1, 0.15) is 17.5 Å². The predicted octanol–water partition coefficient (Wildman–Crippen LogP) is 2.96. The number of sulfone groups is 1. The van der Waals surface area contributed by atoms with Crippen molar-refractivity contribution in [3.05, 3.63) is 106 Å². The van der Waals surface area contributed by atoms with Gasteiger partial charge in [-0.3, -0.25) is 9.59 Å². The Balaban J connectivity index is 1.46. The number of hydrogen-bond acceptors (Lipinski definition) is 6. The Morgan fingerprint density at radius 2 is 1.78 bits per heavy atom. The molecular formula is C26H22F2N4O4S. The molecule has 190 valence electrons. The van der Waals surface area contributed by atoms with Crippen LogP contribution in [-0.4, -0.2) is 48.9 Å². The minimum absolute atomic E-state index is 0.0359. The fraction of sp³-hybridized carbons (Fsp3) is 0.192. The van der Waals surface area contributed by atoms with E-state index in [-0.39, 0.29) is 39.1 Å². The Kier molecular flexibility index (Phi) is 6.46. The summed E-state index contributed by atoms with van der Waals surface area (Å²) in [5.41, 5.74) is 0.140. The lowest BCUT2D eigenvalue weighted by molar-refractivity contribution is 0.0942. The van der Waals surface area contributed by atoms with Crippen LogP contribution in [0.3, 0.4) is 0 Å². The maximum atomic E-state index is 14.8. The van der Waals surface area contributed by atoms with E-state index in [1.54, 1.807) is 12.1 Å². The fourth-order valence-electron chi connectivity index (χ4n) is 4.32. The molecule has 1 atom stereocenters. The monoisotopic (exact) mass is 524 g/mol. The van der Waals surface area contributed by atoms with Crippen LogP contribution in [0.25, 0.3) is 10.9 Å². The van der Waals surface area contributed by atoms with Gasteiger partial charge in [0.25, 0.3) is 5.91 Å². The van der Waals surface area contributed by atoms with Gasteiger partial charge in [0.05, 0.1) is 28.6 Å². The zero-order chi connectivity index (χ0) is 26.2. The maximum absolute atomic E-state index is 14.8. The van der Waals surface area contributed by atoms with Crippen molar-refractivity contribution in [3.63, 3.8) is 0 Å². The van der Waals surface area contributed by atoms with E-state index in [0.717, 1.165) is 6.07 Å². The standard InChI is InChI=1S/C26H22F2N4O4S/c27-17-6-7-19-22(13-17)29-15-20(25(19)33)24(18-3-1-2-4-21(18)28)31-26(34)16-5-8-23(30-14-16)32-9-11-37(35,36)12-10-32/h1-8,13-15,24H,9-12H2,(H,29,33)(H,31,34). The lowest BCUT2D eigenvalue weighted by Crippen LogP contribution is -2.40. The molecule has 2 N–H and O–H groups in total. The molecule has 2 aromatic heterocycles. The number of benzene rings is 2. The summed E-state index contributed by atoms with van der Waals surface area (Å²) in [6.45, 7) is 0.621. The Morgan fingerprint density at radius 1 is 1.03 bits per heavy atom. The highest BCUT2D eigenvalue weighted by atomic mass is 32.2. The molecule has 11 heteroatoms. The molecule has 0 radical (unpaired) electrons. The molecular weight excluding hydrogens is 502 g/mol. The third-order valence-electron chi connectivity index (χ3n) is 6.35. The van der Waals surface area contributed by atoms with Crippen LogP contribution in [0.5, 0.6) is 0 Å². The van der Waals surface area contributed by atoms with Gasteiger partial charge < -0.3 is 15.2 Å². The molecule has 37 heavy (non-hydrogen) atoms. The van der Waals surface area contributed by atoms with Gasteiger partial charge in [-0.1, -0.05) is 18.2 Å². The zero-order valence-corrected chi connectivity index (χ0v) is 20.3. The van der Waals surface area contributed by atoms with Gasteiger partial charge >= 0.3 is 0 Å². The van der Waals surface area contributed by atoms with Crippen molar-refractivity contribution >= 4 is 32.5 Å². The number of nitrogens with zero attached hydrogens (tertiary/aromatic N) is 2. The third kappa shape index (κ3) is 5.08. The van der Waals surface area contributed by atoms with E-state index in [4.69, 9.17) is 0 Å². The highest BCUT2D eigenvalue weighted by Crippen LogP contribution is 2.24. The molecule has 1 saturated heterocycles. The topological polar surface area (TPSA) is 112 Å². The van der Waals surface area contributed by atoms with Gasteiger partial charge in [0.2, 0.25) is 0 Å². The number of anilines is 1. The molecule has 2 aromatic carbocycles. The first-order chi connectivity index (χ1) is 17.7. The highest BCUT2D eigenvalue weighted by molar-refractivity contribution is 7.91.